The zero-order valence-corrected chi connectivity index (χ0v) is 13.2. The van der Waals surface area contributed by atoms with Crippen LogP contribution in [0, 0.1) is 5.92 Å². The lowest BCUT2D eigenvalue weighted by molar-refractivity contribution is 0.0664. The summed E-state index contributed by atoms with van der Waals surface area (Å²) in [6.45, 7) is 5.10. The molecule has 4 rings (SSSR count). The standard InChI is InChI=1S/C18H22O4/c1-3-11-5-7-13-17(21-9-19-13)15(11)16-12(4-2)6-8-14-18(16)22-10-20-14/h5,7,12,16H,3-4,6,8-10H2,1-2H3. The van der Waals surface area contributed by atoms with Crippen molar-refractivity contribution in [1.82, 2.24) is 0 Å². The summed E-state index contributed by atoms with van der Waals surface area (Å²) in [5.41, 5.74) is 2.57. The quantitative estimate of drug-likeness (QED) is 0.842. The first-order valence-corrected chi connectivity index (χ1v) is 8.23. The molecule has 0 amide bonds. The van der Waals surface area contributed by atoms with E-state index in [9.17, 15) is 0 Å². The Balaban J connectivity index is 1.88. The lowest BCUT2D eigenvalue weighted by atomic mass is 9.74. The highest BCUT2D eigenvalue weighted by molar-refractivity contribution is 5.56. The van der Waals surface area contributed by atoms with Crippen molar-refractivity contribution in [1.29, 1.82) is 0 Å². The number of hydrogen-bond acceptors (Lipinski definition) is 4. The minimum atomic E-state index is 0.225. The zero-order chi connectivity index (χ0) is 15.1. The maximum atomic E-state index is 5.88. The minimum absolute atomic E-state index is 0.225. The molecule has 1 aromatic carbocycles. The van der Waals surface area contributed by atoms with Gasteiger partial charge in [0.1, 0.15) is 11.5 Å². The summed E-state index contributed by atoms with van der Waals surface area (Å²) in [7, 11) is 0. The van der Waals surface area contributed by atoms with Gasteiger partial charge in [0, 0.05) is 12.0 Å². The predicted molar refractivity (Wildman–Crippen MR) is 81.8 cm³/mol. The average molecular weight is 302 g/mol. The Morgan fingerprint density at radius 3 is 2.73 bits per heavy atom. The molecule has 2 aliphatic heterocycles. The zero-order valence-electron chi connectivity index (χ0n) is 13.2. The maximum absolute atomic E-state index is 5.88. The van der Waals surface area contributed by atoms with Crippen LogP contribution in [-0.2, 0) is 15.9 Å². The van der Waals surface area contributed by atoms with Gasteiger partial charge in [-0.3, -0.25) is 0 Å². The van der Waals surface area contributed by atoms with Crippen molar-refractivity contribution in [2.24, 2.45) is 5.92 Å². The van der Waals surface area contributed by atoms with E-state index >= 15 is 0 Å². The number of hydrogen-bond donors (Lipinski definition) is 0. The number of fused-ring (bicyclic) bond motifs is 1. The fourth-order valence-electron chi connectivity index (χ4n) is 3.96. The lowest BCUT2D eigenvalue weighted by Gasteiger charge is -2.32. The summed E-state index contributed by atoms with van der Waals surface area (Å²) in [6, 6.07) is 4.19. The van der Waals surface area contributed by atoms with E-state index in [1.165, 1.54) is 11.1 Å². The van der Waals surface area contributed by atoms with Gasteiger partial charge in [0.05, 0.1) is 5.92 Å². The summed E-state index contributed by atoms with van der Waals surface area (Å²) in [4.78, 5) is 0. The second-order valence-electron chi connectivity index (χ2n) is 6.10. The lowest BCUT2D eigenvalue weighted by Crippen LogP contribution is -2.22. The first kappa shape index (κ1) is 13.8. The Labute approximate surface area is 131 Å². The number of allylic oxidation sites excluding steroid dienone is 2. The molecule has 1 aliphatic carbocycles. The predicted octanol–water partition coefficient (Wildman–Crippen LogP) is 4.10. The molecule has 2 heterocycles. The van der Waals surface area contributed by atoms with Crippen molar-refractivity contribution in [3.8, 4) is 11.5 Å². The van der Waals surface area contributed by atoms with E-state index in [1.54, 1.807) is 0 Å². The fraction of sp³-hybridized carbons (Fsp3) is 0.556. The average Bonchev–Trinajstić information content (AvgIpc) is 3.21. The smallest absolute Gasteiger partial charge is 0.231 e. The van der Waals surface area contributed by atoms with Crippen LogP contribution in [0.5, 0.6) is 11.5 Å². The first-order valence-electron chi connectivity index (χ1n) is 8.23. The van der Waals surface area contributed by atoms with E-state index in [4.69, 9.17) is 18.9 Å². The highest BCUT2D eigenvalue weighted by atomic mass is 16.7. The Bertz CT molecular complexity index is 620. The van der Waals surface area contributed by atoms with E-state index in [-0.39, 0.29) is 5.92 Å². The third-order valence-electron chi connectivity index (χ3n) is 5.10. The molecule has 4 nitrogen and oxygen atoms in total. The fourth-order valence-corrected chi connectivity index (χ4v) is 3.96. The van der Waals surface area contributed by atoms with Gasteiger partial charge in [-0.25, -0.2) is 0 Å². The van der Waals surface area contributed by atoms with Crippen LogP contribution in [0.3, 0.4) is 0 Å². The molecule has 0 saturated heterocycles. The second-order valence-corrected chi connectivity index (χ2v) is 6.10. The number of rotatable bonds is 3. The van der Waals surface area contributed by atoms with E-state index in [0.29, 0.717) is 19.5 Å². The first-order chi connectivity index (χ1) is 10.8. The molecule has 0 aromatic heterocycles. The van der Waals surface area contributed by atoms with Crippen LogP contribution in [0.15, 0.2) is 23.7 Å². The van der Waals surface area contributed by atoms with Crippen molar-refractivity contribution in [2.45, 2.75) is 45.4 Å². The second kappa shape index (κ2) is 5.41. The van der Waals surface area contributed by atoms with Crippen molar-refractivity contribution < 1.29 is 18.9 Å². The van der Waals surface area contributed by atoms with Gasteiger partial charge in [0.25, 0.3) is 0 Å². The maximum Gasteiger partial charge on any atom is 0.231 e. The highest BCUT2D eigenvalue weighted by Gasteiger charge is 2.40. The largest absolute Gasteiger partial charge is 0.458 e. The third-order valence-corrected chi connectivity index (χ3v) is 5.10. The summed E-state index contributed by atoms with van der Waals surface area (Å²) in [6.07, 6.45) is 4.22. The molecular weight excluding hydrogens is 280 g/mol. The molecule has 0 fully saturated rings. The van der Waals surface area contributed by atoms with Gasteiger partial charge >= 0.3 is 0 Å². The van der Waals surface area contributed by atoms with Gasteiger partial charge in [0.2, 0.25) is 13.6 Å². The molecule has 0 bridgehead atoms. The molecular formula is C18H22O4. The van der Waals surface area contributed by atoms with Crippen LogP contribution in [0.2, 0.25) is 0 Å². The highest BCUT2D eigenvalue weighted by Crippen LogP contribution is 2.52. The summed E-state index contributed by atoms with van der Waals surface area (Å²) >= 11 is 0. The van der Waals surface area contributed by atoms with Gasteiger partial charge in [-0.1, -0.05) is 26.3 Å². The van der Waals surface area contributed by atoms with Gasteiger partial charge < -0.3 is 18.9 Å². The van der Waals surface area contributed by atoms with Crippen molar-refractivity contribution in [3.63, 3.8) is 0 Å². The summed E-state index contributed by atoms with van der Waals surface area (Å²) < 4.78 is 23.0. The topological polar surface area (TPSA) is 36.9 Å². The van der Waals surface area contributed by atoms with Gasteiger partial charge in [0.15, 0.2) is 11.5 Å². The van der Waals surface area contributed by atoms with Crippen molar-refractivity contribution in [2.75, 3.05) is 13.6 Å². The molecule has 0 spiro atoms. The van der Waals surface area contributed by atoms with Gasteiger partial charge in [-0.15, -0.1) is 0 Å². The van der Waals surface area contributed by atoms with Crippen LogP contribution < -0.4 is 9.47 Å². The summed E-state index contributed by atoms with van der Waals surface area (Å²) in [5, 5.41) is 0. The number of benzene rings is 1. The van der Waals surface area contributed by atoms with Gasteiger partial charge in [-0.05, 0) is 30.4 Å². The third kappa shape index (κ3) is 1.97. The van der Waals surface area contributed by atoms with Crippen LogP contribution >= 0.6 is 0 Å². The molecule has 22 heavy (non-hydrogen) atoms. The van der Waals surface area contributed by atoms with Crippen LogP contribution in [-0.4, -0.2) is 13.6 Å². The Hall–Kier alpha value is -1.84. The molecule has 0 saturated carbocycles. The molecule has 4 heteroatoms. The molecule has 2 atom stereocenters. The Kier molecular flexibility index (Phi) is 3.40. The Morgan fingerprint density at radius 2 is 1.91 bits per heavy atom. The van der Waals surface area contributed by atoms with E-state index < -0.39 is 0 Å². The molecule has 118 valence electrons. The van der Waals surface area contributed by atoms with E-state index in [2.05, 4.69) is 19.9 Å². The molecule has 0 N–H and O–H groups in total. The van der Waals surface area contributed by atoms with E-state index in [0.717, 1.165) is 48.7 Å². The van der Waals surface area contributed by atoms with Crippen LogP contribution in [0.25, 0.3) is 0 Å². The van der Waals surface area contributed by atoms with Crippen LogP contribution in [0.1, 0.15) is 50.2 Å². The minimum Gasteiger partial charge on any atom is -0.458 e. The van der Waals surface area contributed by atoms with E-state index in [1.807, 2.05) is 6.07 Å². The molecule has 3 aliphatic rings. The van der Waals surface area contributed by atoms with Crippen molar-refractivity contribution in [3.05, 3.63) is 34.8 Å². The normalized spacial score (nSPS) is 25.7. The SMILES string of the molecule is CCc1ccc2c(c1C1C3=C(CCC1CC)OCO3)OCO2. The van der Waals surface area contributed by atoms with Crippen LogP contribution in [0.4, 0.5) is 0 Å². The molecule has 2 unspecified atom stereocenters. The van der Waals surface area contributed by atoms with Gasteiger partial charge in [-0.2, -0.15) is 0 Å². The summed E-state index contributed by atoms with van der Waals surface area (Å²) in [5.74, 6) is 4.61. The Morgan fingerprint density at radius 1 is 1.05 bits per heavy atom. The number of aryl methyl sites for hydroxylation is 1. The monoisotopic (exact) mass is 302 g/mol. The van der Waals surface area contributed by atoms with Crippen molar-refractivity contribution >= 4 is 0 Å². The number of ether oxygens (including phenoxy) is 4. The molecule has 0 radical (unpaired) electrons. The molecule has 1 aromatic rings.